The smallest absolute Gasteiger partial charge is 0.311 e. The number of ether oxygens (including phenoxy) is 1. The Hall–Kier alpha value is -2.44. The predicted octanol–water partition coefficient (Wildman–Crippen LogP) is 4.79. The third-order valence-corrected chi connectivity index (χ3v) is 7.49. The van der Waals surface area contributed by atoms with Crippen molar-refractivity contribution in [2.45, 2.75) is 64.8 Å². The number of aromatic nitrogens is 2. The van der Waals surface area contributed by atoms with Crippen molar-refractivity contribution in [1.82, 2.24) is 9.97 Å². The van der Waals surface area contributed by atoms with Crippen LogP contribution < -0.4 is 5.32 Å². The molecule has 0 bridgehead atoms. The lowest BCUT2D eigenvalue weighted by Gasteiger charge is -2.34. The monoisotopic (exact) mass is 486 g/mol. The third kappa shape index (κ3) is 7.02. The van der Waals surface area contributed by atoms with Crippen molar-refractivity contribution >= 4 is 40.1 Å². The molecule has 3 rings (SSSR count). The number of anilines is 1. The van der Waals surface area contributed by atoms with Gasteiger partial charge in [0, 0.05) is 23.2 Å². The summed E-state index contributed by atoms with van der Waals surface area (Å²) in [5, 5.41) is 15.3. The molecule has 0 aromatic carbocycles. The van der Waals surface area contributed by atoms with E-state index in [1.165, 1.54) is 28.7 Å². The molecule has 33 heavy (non-hydrogen) atoms. The molecule has 1 amide bonds. The number of amides is 1. The van der Waals surface area contributed by atoms with Crippen LogP contribution in [-0.4, -0.2) is 34.2 Å². The Bertz CT molecular complexity index is 1050. The molecule has 2 aromatic heterocycles. The highest BCUT2D eigenvalue weighted by Gasteiger charge is 2.30. The Labute approximate surface area is 203 Å². The number of thiazole rings is 1. The number of fused-ring (bicyclic) bond motifs is 1. The lowest BCUT2D eigenvalue weighted by atomic mass is 9.71. The number of hydrogen-bond donors (Lipinski definition) is 1. The van der Waals surface area contributed by atoms with E-state index in [4.69, 9.17) is 9.72 Å². The Morgan fingerprint density at radius 2 is 2.15 bits per heavy atom. The number of nitrogens with zero attached hydrogens (tertiary/aromatic N) is 3. The molecule has 1 N–H and O–H groups in total. The number of hydrogen-bond acceptors (Lipinski definition) is 8. The van der Waals surface area contributed by atoms with E-state index in [0.717, 1.165) is 25.0 Å². The van der Waals surface area contributed by atoms with Crippen molar-refractivity contribution in [2.75, 3.05) is 17.7 Å². The number of thioether (sulfide) groups is 1. The number of nitrogens with one attached hydrogen (secondary N) is 1. The van der Waals surface area contributed by atoms with Gasteiger partial charge in [0.25, 0.3) is 0 Å². The van der Waals surface area contributed by atoms with Gasteiger partial charge in [0.15, 0.2) is 5.13 Å². The minimum Gasteiger partial charge on any atom is -0.466 e. The molecule has 0 radical (unpaired) electrons. The largest absolute Gasteiger partial charge is 0.466 e. The standard InChI is InChI=1S/C24H30N4O3S2/c1-5-31-21(30)12-18-14-33-23(26-18)28-20(29)8-9-32-22-16(13-25)10-15-11-17(24(2,3)4)6-7-19(15)27-22/h10,14,17H,5-9,11-12H2,1-4H3,(H,26,28,29). The van der Waals surface area contributed by atoms with Crippen LogP contribution in [0.4, 0.5) is 5.13 Å². The lowest BCUT2D eigenvalue weighted by molar-refractivity contribution is -0.142. The predicted molar refractivity (Wildman–Crippen MR) is 130 cm³/mol. The van der Waals surface area contributed by atoms with Crippen molar-refractivity contribution in [3.8, 4) is 6.07 Å². The number of pyridine rings is 1. The molecule has 0 saturated heterocycles. The second kappa shape index (κ2) is 11.1. The minimum absolute atomic E-state index is 0.0908. The van der Waals surface area contributed by atoms with Crippen molar-refractivity contribution in [2.24, 2.45) is 11.3 Å². The summed E-state index contributed by atoms with van der Waals surface area (Å²) in [4.78, 5) is 32.9. The van der Waals surface area contributed by atoms with Crippen molar-refractivity contribution in [3.63, 3.8) is 0 Å². The highest BCUT2D eigenvalue weighted by Crippen LogP contribution is 2.38. The van der Waals surface area contributed by atoms with Crippen LogP contribution in [0.15, 0.2) is 16.5 Å². The van der Waals surface area contributed by atoms with Gasteiger partial charge in [-0.25, -0.2) is 9.97 Å². The van der Waals surface area contributed by atoms with Gasteiger partial charge in [-0.05, 0) is 49.1 Å². The number of carbonyl (C=O) groups is 2. The van der Waals surface area contributed by atoms with Gasteiger partial charge in [0.1, 0.15) is 11.1 Å². The zero-order valence-corrected chi connectivity index (χ0v) is 21.2. The maximum Gasteiger partial charge on any atom is 0.311 e. The van der Waals surface area contributed by atoms with Crippen LogP contribution in [0.3, 0.4) is 0 Å². The van der Waals surface area contributed by atoms with Gasteiger partial charge in [-0.3, -0.25) is 9.59 Å². The number of nitriles is 1. The van der Waals surface area contributed by atoms with Crippen LogP contribution in [0.1, 0.15) is 63.1 Å². The molecule has 0 saturated carbocycles. The lowest BCUT2D eigenvalue weighted by Crippen LogP contribution is -2.27. The van der Waals surface area contributed by atoms with E-state index >= 15 is 0 Å². The molecule has 0 spiro atoms. The highest BCUT2D eigenvalue weighted by atomic mass is 32.2. The Balaban J connectivity index is 1.53. The third-order valence-electron chi connectivity index (χ3n) is 5.69. The molecule has 176 valence electrons. The van der Waals surface area contributed by atoms with Crippen LogP contribution in [0, 0.1) is 22.7 Å². The van der Waals surface area contributed by atoms with Crippen molar-refractivity contribution < 1.29 is 14.3 Å². The normalized spacial score (nSPS) is 15.4. The van der Waals surface area contributed by atoms with Gasteiger partial charge in [-0.15, -0.1) is 23.1 Å². The van der Waals surface area contributed by atoms with Crippen molar-refractivity contribution in [3.05, 3.63) is 34.0 Å². The summed E-state index contributed by atoms with van der Waals surface area (Å²) >= 11 is 2.71. The average Bonchev–Trinajstić information content (AvgIpc) is 3.18. The number of esters is 1. The first kappa shape index (κ1) is 25.2. The van der Waals surface area contributed by atoms with Crippen LogP contribution in [-0.2, 0) is 33.6 Å². The fourth-order valence-corrected chi connectivity index (χ4v) is 5.44. The number of rotatable bonds is 8. The van der Waals surface area contributed by atoms with Crippen LogP contribution in [0.5, 0.6) is 0 Å². The van der Waals surface area contributed by atoms with E-state index in [9.17, 15) is 14.9 Å². The molecule has 0 fully saturated rings. The molecule has 7 nitrogen and oxygen atoms in total. The summed E-state index contributed by atoms with van der Waals surface area (Å²) in [5.74, 6) is 0.600. The maximum absolute atomic E-state index is 12.3. The summed E-state index contributed by atoms with van der Waals surface area (Å²) in [7, 11) is 0. The molecule has 1 atom stereocenters. The maximum atomic E-state index is 12.3. The summed E-state index contributed by atoms with van der Waals surface area (Å²) in [6.45, 7) is 8.88. The number of carbonyl (C=O) groups excluding carboxylic acids is 2. The summed E-state index contributed by atoms with van der Waals surface area (Å²) in [6, 6.07) is 4.26. The Kier molecular flexibility index (Phi) is 8.49. The molecule has 2 heterocycles. The first-order valence-electron chi connectivity index (χ1n) is 11.1. The van der Waals surface area contributed by atoms with E-state index in [1.807, 2.05) is 6.07 Å². The number of aryl methyl sites for hydroxylation is 1. The van der Waals surface area contributed by atoms with E-state index in [2.05, 4.69) is 37.1 Å². The quantitative estimate of drug-likeness (QED) is 0.422. The van der Waals surface area contributed by atoms with Gasteiger partial charge in [0.05, 0.1) is 24.3 Å². The zero-order valence-electron chi connectivity index (χ0n) is 19.6. The second-order valence-electron chi connectivity index (χ2n) is 9.14. The van der Waals surface area contributed by atoms with E-state index in [1.54, 1.807) is 12.3 Å². The molecule has 1 unspecified atom stereocenters. The zero-order chi connectivity index (χ0) is 24.0. The van der Waals surface area contributed by atoms with E-state index < -0.39 is 0 Å². The molecular formula is C24H30N4O3S2. The fourth-order valence-electron chi connectivity index (χ4n) is 3.80. The van der Waals surface area contributed by atoms with Crippen LogP contribution in [0.25, 0.3) is 0 Å². The molecule has 1 aliphatic rings. The summed E-state index contributed by atoms with van der Waals surface area (Å²) < 4.78 is 4.91. The van der Waals surface area contributed by atoms with Crippen molar-refractivity contribution in [1.29, 1.82) is 5.26 Å². The molecule has 2 aromatic rings. The fraction of sp³-hybridized carbons (Fsp3) is 0.542. The van der Waals surface area contributed by atoms with E-state index in [-0.39, 0.29) is 30.1 Å². The Morgan fingerprint density at radius 3 is 2.85 bits per heavy atom. The minimum atomic E-state index is -0.336. The Morgan fingerprint density at radius 1 is 1.36 bits per heavy atom. The van der Waals surface area contributed by atoms with Crippen LogP contribution >= 0.6 is 23.1 Å². The molecular weight excluding hydrogens is 456 g/mol. The van der Waals surface area contributed by atoms with Gasteiger partial charge in [-0.1, -0.05) is 20.8 Å². The van der Waals surface area contributed by atoms with Gasteiger partial charge < -0.3 is 10.1 Å². The summed E-state index contributed by atoms with van der Waals surface area (Å²) in [5.41, 5.74) is 3.66. The van der Waals surface area contributed by atoms with Gasteiger partial charge in [-0.2, -0.15) is 5.26 Å². The average molecular weight is 487 g/mol. The van der Waals surface area contributed by atoms with Gasteiger partial charge in [0.2, 0.25) is 5.91 Å². The summed E-state index contributed by atoms with van der Waals surface area (Å²) in [6.07, 6.45) is 3.35. The van der Waals surface area contributed by atoms with E-state index in [0.29, 0.717) is 39.7 Å². The molecule has 9 heteroatoms. The van der Waals surface area contributed by atoms with Crippen LogP contribution in [0.2, 0.25) is 0 Å². The highest BCUT2D eigenvalue weighted by molar-refractivity contribution is 7.99. The molecule has 1 aliphatic carbocycles. The first-order chi connectivity index (χ1) is 15.7. The topological polar surface area (TPSA) is 105 Å². The first-order valence-corrected chi connectivity index (χ1v) is 13.0. The second-order valence-corrected chi connectivity index (χ2v) is 11.1. The molecule has 0 aliphatic heterocycles. The SMILES string of the molecule is CCOC(=O)Cc1csc(NC(=O)CCSc2nc3c(cc2C#N)CC(C(C)(C)C)CC3)n1. The van der Waals surface area contributed by atoms with Gasteiger partial charge >= 0.3 is 5.97 Å².